The molecule has 0 unspecified atom stereocenters. The van der Waals surface area contributed by atoms with Gasteiger partial charge in [0.05, 0.1) is 0 Å². The van der Waals surface area contributed by atoms with Crippen LogP contribution < -0.4 is 10.5 Å². The Balaban J connectivity index is 2.30. The number of nitrogens with two attached hydrogens (primary N) is 1. The van der Waals surface area contributed by atoms with Crippen LogP contribution in [0.15, 0.2) is 28.7 Å². The van der Waals surface area contributed by atoms with E-state index in [1.165, 1.54) is 0 Å². The zero-order valence-electron chi connectivity index (χ0n) is 10.3. The molecular weight excluding hydrogens is 294 g/mol. The molecule has 0 radical (unpaired) electrons. The van der Waals surface area contributed by atoms with Gasteiger partial charge in [-0.25, -0.2) is 4.98 Å². The predicted molar refractivity (Wildman–Crippen MR) is 74.8 cm³/mol. The summed E-state index contributed by atoms with van der Waals surface area (Å²) in [6.07, 6.45) is 0.848. The van der Waals surface area contributed by atoms with Crippen molar-refractivity contribution >= 4 is 21.6 Å². The Morgan fingerprint density at radius 2 is 2.00 bits per heavy atom. The Morgan fingerprint density at radius 3 is 2.67 bits per heavy atom. The topological polar surface area (TPSA) is 61.0 Å². The van der Waals surface area contributed by atoms with Crippen LogP contribution in [0.5, 0.6) is 11.6 Å². The normalized spacial score (nSPS) is 10.4. The van der Waals surface area contributed by atoms with Gasteiger partial charge in [-0.3, -0.25) is 0 Å². The molecule has 1 aromatic heterocycles. The van der Waals surface area contributed by atoms with Crippen LogP contribution in [0.25, 0.3) is 0 Å². The number of ether oxygens (including phenoxy) is 1. The van der Waals surface area contributed by atoms with E-state index in [-0.39, 0.29) is 0 Å². The summed E-state index contributed by atoms with van der Waals surface area (Å²) >= 11 is 3.38. The molecule has 18 heavy (non-hydrogen) atoms. The first-order valence-corrected chi connectivity index (χ1v) is 6.44. The third-order valence-corrected chi connectivity index (χ3v) is 2.80. The van der Waals surface area contributed by atoms with Crippen molar-refractivity contribution in [1.82, 2.24) is 9.97 Å². The lowest BCUT2D eigenvalue weighted by atomic mass is 10.3. The van der Waals surface area contributed by atoms with Gasteiger partial charge in [-0.1, -0.05) is 22.9 Å². The van der Waals surface area contributed by atoms with Gasteiger partial charge in [-0.15, -0.1) is 0 Å². The molecule has 0 bridgehead atoms. The summed E-state index contributed by atoms with van der Waals surface area (Å²) in [7, 11) is 0. The van der Waals surface area contributed by atoms with Crippen LogP contribution in [0.3, 0.4) is 0 Å². The number of nitrogens with zero attached hydrogens (tertiary/aromatic N) is 2. The number of nitrogen functional groups attached to an aromatic ring is 1. The number of halogens is 1. The monoisotopic (exact) mass is 307 g/mol. The fraction of sp³-hybridized carbons (Fsp3) is 0.231. The van der Waals surface area contributed by atoms with E-state index in [9.17, 15) is 0 Å². The third kappa shape index (κ3) is 3.20. The Morgan fingerprint density at radius 1 is 1.22 bits per heavy atom. The molecule has 2 aromatic rings. The molecule has 0 amide bonds. The summed E-state index contributed by atoms with van der Waals surface area (Å²) in [4.78, 5) is 8.55. The highest BCUT2D eigenvalue weighted by Crippen LogP contribution is 2.26. The second-order valence-electron chi connectivity index (χ2n) is 3.92. The lowest BCUT2D eigenvalue weighted by Crippen LogP contribution is -1.97. The number of benzene rings is 1. The molecule has 1 heterocycles. The Bertz CT molecular complexity index is 552. The van der Waals surface area contributed by atoms with Gasteiger partial charge in [0.25, 0.3) is 0 Å². The largest absolute Gasteiger partial charge is 0.439 e. The average Bonchev–Trinajstić information content (AvgIpc) is 2.26. The van der Waals surface area contributed by atoms with Gasteiger partial charge >= 0.3 is 0 Å². The maximum absolute atomic E-state index is 5.76. The summed E-state index contributed by atoms with van der Waals surface area (Å²) in [6.45, 7) is 3.89. The van der Waals surface area contributed by atoms with E-state index in [2.05, 4.69) is 25.9 Å². The van der Waals surface area contributed by atoms with Crippen molar-refractivity contribution in [2.45, 2.75) is 20.3 Å². The van der Waals surface area contributed by atoms with Crippen LogP contribution in [0.4, 0.5) is 5.69 Å². The molecule has 0 saturated carbocycles. The minimum atomic E-state index is 0.539. The van der Waals surface area contributed by atoms with E-state index < -0.39 is 0 Å². The molecule has 94 valence electrons. The zero-order valence-corrected chi connectivity index (χ0v) is 11.9. The molecule has 0 fully saturated rings. The van der Waals surface area contributed by atoms with Crippen LogP contribution in [-0.4, -0.2) is 9.97 Å². The van der Waals surface area contributed by atoms with Crippen LogP contribution in [0.2, 0.25) is 0 Å². The molecule has 5 heteroatoms. The average molecular weight is 308 g/mol. The molecule has 0 atom stereocenters. The van der Waals surface area contributed by atoms with E-state index in [1.54, 1.807) is 6.07 Å². The molecule has 0 aliphatic heterocycles. The van der Waals surface area contributed by atoms with Crippen LogP contribution >= 0.6 is 15.9 Å². The molecule has 0 spiro atoms. The van der Waals surface area contributed by atoms with Crippen LogP contribution in [-0.2, 0) is 6.42 Å². The molecule has 1 aromatic carbocycles. The Hall–Kier alpha value is -1.62. The van der Waals surface area contributed by atoms with E-state index >= 15 is 0 Å². The predicted octanol–water partition coefficient (Wildman–Crippen LogP) is 3.48. The second-order valence-corrected chi connectivity index (χ2v) is 4.84. The number of anilines is 1. The molecule has 2 rings (SSSR count). The Kier molecular flexibility index (Phi) is 3.81. The first kappa shape index (κ1) is 12.8. The van der Waals surface area contributed by atoms with Gasteiger partial charge < -0.3 is 10.5 Å². The second kappa shape index (κ2) is 5.35. The van der Waals surface area contributed by atoms with E-state index in [1.807, 2.05) is 32.0 Å². The number of hydrogen-bond acceptors (Lipinski definition) is 4. The summed E-state index contributed by atoms with van der Waals surface area (Å²) in [5.74, 6) is 1.89. The fourth-order valence-corrected chi connectivity index (χ4v) is 2.09. The molecular formula is C13H14BrN3O. The molecule has 0 aliphatic rings. The van der Waals surface area contributed by atoms with Crippen molar-refractivity contribution < 1.29 is 4.74 Å². The van der Waals surface area contributed by atoms with Crippen molar-refractivity contribution in [3.63, 3.8) is 0 Å². The lowest BCUT2D eigenvalue weighted by Gasteiger charge is -2.08. The van der Waals surface area contributed by atoms with Crippen molar-refractivity contribution in [3.05, 3.63) is 40.3 Å². The van der Waals surface area contributed by atoms with Crippen molar-refractivity contribution in [3.8, 4) is 11.6 Å². The number of rotatable bonds is 3. The summed E-state index contributed by atoms with van der Waals surface area (Å²) in [6, 6.07) is 7.26. The van der Waals surface area contributed by atoms with Gasteiger partial charge in [0.1, 0.15) is 11.6 Å². The molecule has 0 saturated heterocycles. The Labute approximate surface area is 114 Å². The summed E-state index contributed by atoms with van der Waals surface area (Å²) in [5.41, 5.74) is 7.35. The number of hydrogen-bond donors (Lipinski definition) is 1. The highest BCUT2D eigenvalue weighted by molar-refractivity contribution is 9.10. The van der Waals surface area contributed by atoms with Gasteiger partial charge in [0.15, 0.2) is 0 Å². The van der Waals surface area contributed by atoms with Gasteiger partial charge in [0.2, 0.25) is 5.88 Å². The quantitative estimate of drug-likeness (QED) is 0.882. The maximum atomic E-state index is 5.76. The number of aryl methyl sites for hydroxylation is 2. The highest BCUT2D eigenvalue weighted by Gasteiger charge is 2.04. The van der Waals surface area contributed by atoms with Crippen molar-refractivity contribution in [2.75, 3.05) is 5.73 Å². The van der Waals surface area contributed by atoms with E-state index in [4.69, 9.17) is 10.5 Å². The first-order chi connectivity index (χ1) is 8.56. The van der Waals surface area contributed by atoms with Crippen LogP contribution in [0.1, 0.15) is 18.4 Å². The first-order valence-electron chi connectivity index (χ1n) is 5.65. The minimum absolute atomic E-state index is 0.539. The minimum Gasteiger partial charge on any atom is -0.439 e. The van der Waals surface area contributed by atoms with E-state index in [0.29, 0.717) is 23.1 Å². The molecule has 4 nitrogen and oxygen atoms in total. The standard InChI is InChI=1S/C13H14BrN3O/c1-3-11-7-13(17-8(2)16-11)18-12-5-9(14)4-10(15)6-12/h4-7H,3,15H2,1-2H3. The van der Waals surface area contributed by atoms with Crippen molar-refractivity contribution in [2.24, 2.45) is 0 Å². The highest BCUT2D eigenvalue weighted by atomic mass is 79.9. The van der Waals surface area contributed by atoms with Crippen molar-refractivity contribution in [1.29, 1.82) is 0 Å². The molecule has 2 N–H and O–H groups in total. The van der Waals surface area contributed by atoms with Crippen LogP contribution in [0, 0.1) is 6.92 Å². The van der Waals surface area contributed by atoms with Gasteiger partial charge in [0, 0.05) is 28.0 Å². The lowest BCUT2D eigenvalue weighted by molar-refractivity contribution is 0.458. The van der Waals surface area contributed by atoms with Gasteiger partial charge in [-0.2, -0.15) is 4.98 Å². The smallest absolute Gasteiger partial charge is 0.222 e. The number of aromatic nitrogens is 2. The summed E-state index contributed by atoms with van der Waals surface area (Å²) in [5, 5.41) is 0. The fourth-order valence-electron chi connectivity index (χ4n) is 1.60. The summed E-state index contributed by atoms with van der Waals surface area (Å²) < 4.78 is 6.58. The molecule has 0 aliphatic carbocycles. The van der Waals surface area contributed by atoms with E-state index in [0.717, 1.165) is 16.6 Å². The van der Waals surface area contributed by atoms with Gasteiger partial charge in [-0.05, 0) is 25.5 Å². The maximum Gasteiger partial charge on any atom is 0.222 e. The third-order valence-electron chi connectivity index (χ3n) is 2.35. The zero-order chi connectivity index (χ0) is 13.1. The SMILES string of the molecule is CCc1cc(Oc2cc(N)cc(Br)c2)nc(C)n1.